The van der Waals surface area contributed by atoms with Crippen LogP contribution in [0.15, 0.2) is 23.9 Å². The van der Waals surface area contributed by atoms with E-state index >= 15 is 0 Å². The molecular formula is C17H16ClN3O4. The maximum absolute atomic E-state index is 11.2. The molecular weight excluding hydrogens is 346 g/mol. The number of imidazole rings is 1. The first-order valence-corrected chi connectivity index (χ1v) is 8.35. The zero-order valence-corrected chi connectivity index (χ0v) is 14.1. The minimum Gasteiger partial charge on any atom is -0.489 e. The number of hydrogen-bond donors (Lipinski definition) is 1. The van der Waals surface area contributed by atoms with Crippen molar-refractivity contribution in [3.05, 3.63) is 29.6 Å². The van der Waals surface area contributed by atoms with Crippen molar-refractivity contribution in [2.45, 2.75) is 12.8 Å². The van der Waals surface area contributed by atoms with Gasteiger partial charge >= 0.3 is 5.97 Å². The van der Waals surface area contributed by atoms with Gasteiger partial charge in [0.25, 0.3) is 0 Å². The van der Waals surface area contributed by atoms with Gasteiger partial charge in [-0.15, -0.1) is 11.6 Å². The molecule has 0 radical (unpaired) electrons. The molecule has 2 aromatic heterocycles. The maximum Gasteiger partial charge on any atom is 0.346 e. The van der Waals surface area contributed by atoms with E-state index < -0.39 is 11.5 Å². The first-order chi connectivity index (χ1) is 12.1. The number of carboxylic acids is 1. The highest BCUT2D eigenvalue weighted by atomic mass is 35.5. The molecule has 8 heteroatoms. The Morgan fingerprint density at radius 1 is 1.52 bits per heavy atom. The van der Waals surface area contributed by atoms with Crippen molar-refractivity contribution in [3.8, 4) is 17.7 Å². The van der Waals surface area contributed by atoms with Crippen LogP contribution in [-0.2, 0) is 4.79 Å². The van der Waals surface area contributed by atoms with E-state index in [0.717, 1.165) is 0 Å². The van der Waals surface area contributed by atoms with Crippen molar-refractivity contribution in [1.82, 2.24) is 9.38 Å². The molecule has 0 saturated heterocycles. The van der Waals surface area contributed by atoms with E-state index in [1.54, 1.807) is 28.8 Å². The predicted molar refractivity (Wildman–Crippen MR) is 90.9 cm³/mol. The Labute approximate surface area is 149 Å². The monoisotopic (exact) mass is 361 g/mol. The van der Waals surface area contributed by atoms with E-state index in [0.29, 0.717) is 29.6 Å². The smallest absolute Gasteiger partial charge is 0.346 e. The second-order valence-electron chi connectivity index (χ2n) is 5.64. The van der Waals surface area contributed by atoms with Crippen LogP contribution in [-0.4, -0.2) is 39.6 Å². The van der Waals surface area contributed by atoms with E-state index in [2.05, 4.69) is 4.98 Å². The fourth-order valence-corrected chi connectivity index (χ4v) is 2.37. The summed E-state index contributed by atoms with van der Waals surface area (Å²) in [5.74, 6) is 0.308. The number of halogens is 1. The lowest BCUT2D eigenvalue weighted by Gasteiger charge is -2.06. The fourth-order valence-electron chi connectivity index (χ4n) is 2.30. The third-order valence-corrected chi connectivity index (χ3v) is 3.89. The van der Waals surface area contributed by atoms with Gasteiger partial charge in [-0.25, -0.2) is 4.79 Å². The second-order valence-corrected chi connectivity index (χ2v) is 6.01. The highest BCUT2D eigenvalue weighted by Crippen LogP contribution is 2.32. The summed E-state index contributed by atoms with van der Waals surface area (Å²) in [5.41, 5.74) is 0.444. The Bertz CT molecular complexity index is 865. The number of nitrogens with zero attached hydrogens (tertiary/aromatic N) is 3. The highest BCUT2D eigenvalue weighted by Gasteiger charge is 2.23. The largest absolute Gasteiger partial charge is 0.489 e. The molecule has 1 fully saturated rings. The number of rotatable bonds is 8. The first kappa shape index (κ1) is 17.1. The van der Waals surface area contributed by atoms with Crippen LogP contribution in [0.25, 0.3) is 11.7 Å². The van der Waals surface area contributed by atoms with Crippen molar-refractivity contribution in [1.29, 1.82) is 5.26 Å². The average Bonchev–Trinajstić information content (AvgIpc) is 3.36. The van der Waals surface area contributed by atoms with Crippen molar-refractivity contribution in [2.24, 2.45) is 5.92 Å². The van der Waals surface area contributed by atoms with E-state index in [1.165, 1.54) is 18.9 Å². The minimum atomic E-state index is -1.32. The lowest BCUT2D eigenvalue weighted by atomic mass is 10.2. The van der Waals surface area contributed by atoms with Crippen molar-refractivity contribution in [2.75, 3.05) is 19.1 Å². The van der Waals surface area contributed by atoms with Gasteiger partial charge in [0, 0.05) is 6.20 Å². The number of carboxylic acid groups (broad SMARTS) is 1. The van der Waals surface area contributed by atoms with Crippen LogP contribution < -0.4 is 9.47 Å². The lowest BCUT2D eigenvalue weighted by molar-refractivity contribution is -0.132. The molecule has 25 heavy (non-hydrogen) atoms. The summed E-state index contributed by atoms with van der Waals surface area (Å²) in [6.07, 6.45) is 5.28. The molecule has 0 bridgehead atoms. The minimum absolute atomic E-state index is 0.206. The SMILES string of the molecule is N#CC(=Cc1c(OCCCl)nc2c(OCC3CC3)cccn12)C(=O)O. The average molecular weight is 362 g/mol. The van der Waals surface area contributed by atoms with E-state index in [4.69, 9.17) is 31.4 Å². The van der Waals surface area contributed by atoms with Crippen LogP contribution in [0.1, 0.15) is 18.5 Å². The molecule has 1 saturated carbocycles. The van der Waals surface area contributed by atoms with Gasteiger partial charge in [-0.3, -0.25) is 4.40 Å². The van der Waals surface area contributed by atoms with Crippen LogP contribution in [0, 0.1) is 17.2 Å². The molecule has 1 aliphatic carbocycles. The molecule has 0 amide bonds. The number of carbonyl (C=O) groups is 1. The van der Waals surface area contributed by atoms with Crippen molar-refractivity contribution >= 4 is 29.3 Å². The topological polar surface area (TPSA) is 96.9 Å². The van der Waals surface area contributed by atoms with Gasteiger partial charge in [0.1, 0.15) is 23.9 Å². The number of aromatic nitrogens is 2. The van der Waals surface area contributed by atoms with Gasteiger partial charge in [-0.1, -0.05) is 0 Å². The molecule has 0 unspecified atom stereocenters. The highest BCUT2D eigenvalue weighted by molar-refractivity contribution is 6.18. The van der Waals surface area contributed by atoms with Crippen molar-refractivity contribution in [3.63, 3.8) is 0 Å². The molecule has 0 spiro atoms. The Kier molecular flexibility index (Phi) is 5.10. The summed E-state index contributed by atoms with van der Waals surface area (Å²) in [6, 6.07) is 5.23. The number of fused-ring (bicyclic) bond motifs is 1. The Hall–Kier alpha value is -2.72. The van der Waals surface area contributed by atoms with Gasteiger partial charge in [0.05, 0.1) is 12.5 Å². The zero-order chi connectivity index (χ0) is 17.8. The number of nitriles is 1. The van der Waals surface area contributed by atoms with Gasteiger partial charge in [0.2, 0.25) is 5.88 Å². The van der Waals surface area contributed by atoms with Crippen LogP contribution in [0.3, 0.4) is 0 Å². The Morgan fingerprint density at radius 2 is 2.32 bits per heavy atom. The van der Waals surface area contributed by atoms with E-state index in [9.17, 15) is 4.79 Å². The normalized spacial score (nSPS) is 14.3. The summed E-state index contributed by atoms with van der Waals surface area (Å²) < 4.78 is 13.0. The molecule has 7 nitrogen and oxygen atoms in total. The van der Waals surface area contributed by atoms with Crippen molar-refractivity contribution < 1.29 is 19.4 Å². The first-order valence-electron chi connectivity index (χ1n) is 7.81. The van der Waals surface area contributed by atoms with Crippen LogP contribution in [0.2, 0.25) is 0 Å². The number of hydrogen-bond acceptors (Lipinski definition) is 5. The Balaban J connectivity index is 2.06. The number of ether oxygens (including phenoxy) is 2. The second kappa shape index (κ2) is 7.45. The van der Waals surface area contributed by atoms with Gasteiger partial charge in [-0.05, 0) is 37.0 Å². The van der Waals surface area contributed by atoms with Crippen LogP contribution >= 0.6 is 11.6 Å². The lowest BCUT2D eigenvalue weighted by Crippen LogP contribution is -2.02. The number of alkyl halides is 1. The quantitative estimate of drug-likeness (QED) is 0.441. The van der Waals surface area contributed by atoms with E-state index in [1.807, 2.05) is 0 Å². The molecule has 1 aliphatic rings. The van der Waals surface area contributed by atoms with Crippen LogP contribution in [0.4, 0.5) is 0 Å². The predicted octanol–water partition coefficient (Wildman–Crippen LogP) is 2.73. The fraction of sp³-hybridized carbons (Fsp3) is 0.353. The molecule has 0 atom stereocenters. The Morgan fingerprint density at radius 3 is 2.96 bits per heavy atom. The third kappa shape index (κ3) is 3.86. The molecule has 130 valence electrons. The van der Waals surface area contributed by atoms with Gasteiger partial charge < -0.3 is 14.6 Å². The summed E-state index contributed by atoms with van der Waals surface area (Å²) in [6.45, 7) is 0.827. The third-order valence-electron chi connectivity index (χ3n) is 3.74. The standard InChI is InChI=1S/C17H16ClN3O4/c18-5-7-24-16-13(8-12(9-19)17(22)23)21-6-1-2-14(15(21)20-16)25-10-11-3-4-11/h1-2,6,8,11H,3-5,7,10H2,(H,22,23). The van der Waals surface area contributed by atoms with Gasteiger partial charge in [0.15, 0.2) is 11.4 Å². The molecule has 3 rings (SSSR count). The summed E-state index contributed by atoms with van der Waals surface area (Å²) in [5, 5.41) is 18.1. The maximum atomic E-state index is 11.2. The summed E-state index contributed by atoms with van der Waals surface area (Å²) >= 11 is 5.66. The zero-order valence-electron chi connectivity index (χ0n) is 13.3. The molecule has 0 aliphatic heterocycles. The number of aliphatic carboxylic acids is 1. The number of pyridine rings is 1. The van der Waals surface area contributed by atoms with E-state index in [-0.39, 0.29) is 18.4 Å². The summed E-state index contributed by atoms with van der Waals surface area (Å²) in [7, 11) is 0. The molecule has 0 aromatic carbocycles. The molecule has 2 heterocycles. The van der Waals surface area contributed by atoms with Gasteiger partial charge in [-0.2, -0.15) is 10.2 Å². The molecule has 1 N–H and O–H groups in total. The molecule has 2 aromatic rings. The summed E-state index contributed by atoms with van der Waals surface area (Å²) in [4.78, 5) is 15.6. The van der Waals surface area contributed by atoms with Crippen LogP contribution in [0.5, 0.6) is 11.6 Å².